The average Bonchev–Trinajstić information content (AvgIpc) is 2.43. The van der Waals surface area contributed by atoms with Crippen LogP contribution in [0.25, 0.3) is 5.53 Å². The molecule has 1 aliphatic carbocycles. The number of allylic oxidation sites excluding steroid dienone is 1. The van der Waals surface area contributed by atoms with Crippen LogP contribution in [0.5, 0.6) is 0 Å². The summed E-state index contributed by atoms with van der Waals surface area (Å²) in [4.78, 5) is 0. The van der Waals surface area contributed by atoms with Gasteiger partial charge in [0.1, 0.15) is 0 Å². The molecule has 11 heavy (non-hydrogen) atoms. The third-order valence-electron chi connectivity index (χ3n) is 3.59. The van der Waals surface area contributed by atoms with Gasteiger partial charge in [-0.2, -0.15) is 0 Å². The van der Waals surface area contributed by atoms with Crippen LogP contribution in [0, 0.1) is 0 Å². The van der Waals surface area contributed by atoms with E-state index >= 15 is 0 Å². The third-order valence-corrected chi connectivity index (χ3v) is 3.59. The molecule has 1 unspecified atom stereocenters. The molecule has 3 rings (SSSR count). The molecular weight excluding hydrogens is 136 g/mol. The predicted molar refractivity (Wildman–Crippen MR) is 41.1 cm³/mol. The van der Waals surface area contributed by atoms with E-state index in [9.17, 15) is 5.53 Å². The Morgan fingerprint density at radius 2 is 1.91 bits per heavy atom. The Bertz CT molecular complexity index is 277. The predicted octanol–water partition coefficient (Wildman–Crippen LogP) is 2.39. The summed E-state index contributed by atoms with van der Waals surface area (Å²) in [6, 6.07) is 0. The van der Waals surface area contributed by atoms with Crippen molar-refractivity contribution in [1.29, 1.82) is 0 Å². The first kappa shape index (κ1) is 5.92. The lowest BCUT2D eigenvalue weighted by Gasteiger charge is -2.44. The van der Waals surface area contributed by atoms with Crippen LogP contribution < -0.4 is 0 Å². The summed E-state index contributed by atoms with van der Waals surface area (Å²) in [5.41, 5.74) is 12.7. The highest BCUT2D eigenvalue weighted by Gasteiger charge is 2.59. The van der Waals surface area contributed by atoms with Gasteiger partial charge in [0.2, 0.25) is 0 Å². The third kappa shape index (κ3) is 0.453. The zero-order chi connectivity index (χ0) is 7.47. The lowest BCUT2D eigenvalue weighted by atomic mass is 9.73. The molecule has 2 heteroatoms. The monoisotopic (exact) mass is 148 g/mol. The normalized spacial score (nSPS) is 40.5. The van der Waals surface area contributed by atoms with Crippen molar-refractivity contribution >= 4 is 0 Å². The van der Waals surface area contributed by atoms with E-state index in [4.69, 9.17) is 0 Å². The number of nitrogens with zero attached hydrogens (tertiary/aromatic N) is 2. The molecule has 0 amide bonds. The maximum Gasteiger partial charge on any atom is 0.183 e. The summed E-state index contributed by atoms with van der Waals surface area (Å²) < 4.78 is 1.57. The first-order valence-corrected chi connectivity index (χ1v) is 4.56. The van der Waals surface area contributed by atoms with Crippen LogP contribution in [0.3, 0.4) is 0 Å². The molecule has 0 aromatic carbocycles. The second-order valence-corrected chi connectivity index (χ2v) is 3.98. The van der Waals surface area contributed by atoms with E-state index in [1.807, 2.05) is 0 Å². The summed E-state index contributed by atoms with van der Waals surface area (Å²) in [5, 5.41) is 0. The van der Waals surface area contributed by atoms with Gasteiger partial charge in [-0.25, -0.2) is 0 Å². The van der Waals surface area contributed by atoms with Crippen molar-refractivity contribution < 1.29 is 4.70 Å². The van der Waals surface area contributed by atoms with Gasteiger partial charge in [-0.3, -0.25) is 4.70 Å². The number of hydrogen-bond acceptors (Lipinski definition) is 0. The van der Waals surface area contributed by atoms with E-state index < -0.39 is 0 Å². The van der Waals surface area contributed by atoms with Gasteiger partial charge >= 0.3 is 0 Å². The van der Waals surface area contributed by atoms with E-state index in [0.29, 0.717) is 0 Å². The second kappa shape index (κ2) is 1.57. The summed E-state index contributed by atoms with van der Waals surface area (Å²) in [6.45, 7) is 0. The summed E-state index contributed by atoms with van der Waals surface area (Å²) in [7, 11) is 0. The largest absolute Gasteiger partial charge is 0.500 e. The fourth-order valence-corrected chi connectivity index (χ4v) is 3.11. The number of piperidine rings is 1. The first-order chi connectivity index (χ1) is 5.34. The van der Waals surface area contributed by atoms with Crippen molar-refractivity contribution in [1.82, 2.24) is 0 Å². The van der Waals surface area contributed by atoms with Crippen LogP contribution in [0.4, 0.5) is 0 Å². The molecule has 58 valence electrons. The maximum atomic E-state index is 9.66. The Morgan fingerprint density at radius 1 is 1.18 bits per heavy atom. The van der Waals surface area contributed by atoms with Gasteiger partial charge < -0.3 is 5.53 Å². The molecule has 2 fully saturated rings. The number of fused-ring (bicyclic) bond motifs is 1. The molecule has 2 aliphatic heterocycles. The maximum absolute atomic E-state index is 9.66. The van der Waals surface area contributed by atoms with E-state index in [2.05, 4.69) is 0 Å². The molecule has 1 saturated carbocycles. The zero-order valence-corrected chi connectivity index (χ0v) is 6.64. The van der Waals surface area contributed by atoms with Gasteiger partial charge in [-0.05, 0) is 19.3 Å². The van der Waals surface area contributed by atoms with Crippen LogP contribution in [0.15, 0.2) is 11.3 Å². The number of hydrogen-bond donors (Lipinski definition) is 0. The molecular formula is C9H12N2. The van der Waals surface area contributed by atoms with Crippen LogP contribution in [-0.4, -0.2) is 10.2 Å². The molecule has 2 heterocycles. The minimum Gasteiger partial charge on any atom is -0.500 e. The van der Waals surface area contributed by atoms with Crippen LogP contribution >= 0.6 is 0 Å². The molecule has 2 nitrogen and oxygen atoms in total. The van der Waals surface area contributed by atoms with Gasteiger partial charge in [0.05, 0.1) is 5.57 Å². The van der Waals surface area contributed by atoms with Crippen molar-refractivity contribution in [2.24, 2.45) is 0 Å². The highest BCUT2D eigenvalue weighted by molar-refractivity contribution is 5.33. The Morgan fingerprint density at radius 3 is 2.55 bits per heavy atom. The summed E-state index contributed by atoms with van der Waals surface area (Å²) in [5.74, 6) is 0. The molecule has 1 spiro atoms. The minimum atomic E-state index is 0.160. The highest BCUT2D eigenvalue weighted by atomic mass is 15.3. The Labute approximate surface area is 66.4 Å². The molecule has 0 aromatic rings. The minimum absolute atomic E-state index is 0.160. The van der Waals surface area contributed by atoms with E-state index in [0.717, 1.165) is 6.42 Å². The van der Waals surface area contributed by atoms with Gasteiger partial charge in [-0.15, -0.1) is 0 Å². The smallest absolute Gasteiger partial charge is 0.183 e. The second-order valence-electron chi connectivity index (χ2n) is 3.98. The van der Waals surface area contributed by atoms with Crippen molar-refractivity contribution in [2.45, 2.75) is 44.1 Å². The van der Waals surface area contributed by atoms with Crippen molar-refractivity contribution in [3.05, 3.63) is 16.8 Å². The molecule has 3 aliphatic rings. The van der Waals surface area contributed by atoms with Gasteiger partial charge in [0.15, 0.2) is 11.2 Å². The fraction of sp³-hybridized carbons (Fsp3) is 0.778. The van der Waals surface area contributed by atoms with Crippen molar-refractivity contribution in [3.63, 3.8) is 0 Å². The fourth-order valence-electron chi connectivity index (χ4n) is 3.11. The summed E-state index contributed by atoms with van der Waals surface area (Å²) in [6.07, 6.45) is 7.34. The Hall–Kier alpha value is -0.660. The topological polar surface area (TPSA) is 25.3 Å². The van der Waals surface area contributed by atoms with Gasteiger partial charge in [0, 0.05) is 19.3 Å². The van der Waals surface area contributed by atoms with Crippen LogP contribution in [-0.2, 0) is 0 Å². The number of rotatable bonds is 0. The molecule has 1 atom stereocenters. The van der Waals surface area contributed by atoms with Gasteiger partial charge in [-0.1, -0.05) is 0 Å². The molecule has 0 aromatic heterocycles. The summed E-state index contributed by atoms with van der Waals surface area (Å²) >= 11 is 0. The quantitative estimate of drug-likeness (QED) is 0.471. The standard InChI is InChI=1S/C9H12N2/c10-11-8-4-2-6-9(11)5-1-3-7(8)9/h1-6H2. The van der Waals surface area contributed by atoms with Crippen LogP contribution in [0.2, 0.25) is 0 Å². The van der Waals surface area contributed by atoms with E-state index in [1.54, 1.807) is 10.3 Å². The van der Waals surface area contributed by atoms with E-state index in [1.165, 1.54) is 37.8 Å². The SMILES string of the molecule is [N-]=[N+]1C2=C3CCCC31CCC2. The molecule has 1 saturated heterocycles. The molecule has 0 radical (unpaired) electrons. The highest BCUT2D eigenvalue weighted by Crippen LogP contribution is 2.56. The lowest BCUT2D eigenvalue weighted by molar-refractivity contribution is -0.615. The average molecular weight is 148 g/mol. The molecule has 0 N–H and O–H groups in total. The van der Waals surface area contributed by atoms with E-state index in [-0.39, 0.29) is 5.54 Å². The first-order valence-electron chi connectivity index (χ1n) is 4.56. The van der Waals surface area contributed by atoms with Crippen molar-refractivity contribution in [3.8, 4) is 0 Å². The van der Waals surface area contributed by atoms with Crippen molar-refractivity contribution in [2.75, 3.05) is 0 Å². The lowest BCUT2D eigenvalue weighted by Crippen LogP contribution is -2.51. The van der Waals surface area contributed by atoms with Crippen LogP contribution in [0.1, 0.15) is 38.5 Å². The Balaban J connectivity index is 2.20. The zero-order valence-electron chi connectivity index (χ0n) is 6.64. The molecule has 2 bridgehead atoms. The van der Waals surface area contributed by atoms with Gasteiger partial charge in [0.25, 0.3) is 0 Å². The Kier molecular flexibility index (Phi) is 0.846.